The second-order valence-electron chi connectivity index (χ2n) is 3.80. The molecule has 0 saturated carbocycles. The third-order valence-electron chi connectivity index (χ3n) is 2.46. The van der Waals surface area contributed by atoms with Crippen LogP contribution in [0.5, 0.6) is 0 Å². The van der Waals surface area contributed by atoms with Crippen LogP contribution in [0.4, 0.5) is 0 Å². The Labute approximate surface area is 86.7 Å². The van der Waals surface area contributed by atoms with Crippen molar-refractivity contribution in [2.24, 2.45) is 5.41 Å². The molecule has 80 valence electrons. The van der Waals surface area contributed by atoms with Crippen LogP contribution < -0.4 is 0 Å². The predicted molar refractivity (Wildman–Crippen MR) is 53.5 cm³/mol. The Morgan fingerprint density at radius 3 is 2.14 bits per heavy atom. The fraction of sp³-hybridized carbons (Fsp3) is 0.778. The molecule has 0 unspecified atom stereocenters. The zero-order valence-corrected chi connectivity index (χ0v) is 8.68. The monoisotopic (exact) mass is 218 g/mol. The van der Waals surface area contributed by atoms with Crippen LogP contribution in [0.2, 0.25) is 0 Å². The van der Waals surface area contributed by atoms with Gasteiger partial charge in [-0.05, 0) is 18.6 Å². The van der Waals surface area contributed by atoms with Crippen molar-refractivity contribution in [3.8, 4) is 0 Å². The topological polar surface area (TPSA) is 74.6 Å². The van der Waals surface area contributed by atoms with Gasteiger partial charge in [0.2, 0.25) is 0 Å². The number of thioether (sulfide) groups is 1. The van der Waals surface area contributed by atoms with Gasteiger partial charge in [0.25, 0.3) is 0 Å². The van der Waals surface area contributed by atoms with Gasteiger partial charge in [-0.1, -0.05) is 0 Å². The molecule has 0 aliphatic carbocycles. The highest BCUT2D eigenvalue weighted by Crippen LogP contribution is 2.40. The Hall–Kier alpha value is -0.710. The van der Waals surface area contributed by atoms with Crippen LogP contribution in [-0.4, -0.2) is 33.7 Å². The molecule has 1 rings (SSSR count). The molecule has 0 spiro atoms. The van der Waals surface area contributed by atoms with Crippen LogP contribution in [0, 0.1) is 5.41 Å². The van der Waals surface area contributed by atoms with Gasteiger partial charge >= 0.3 is 11.9 Å². The summed E-state index contributed by atoms with van der Waals surface area (Å²) in [5.41, 5.74) is -0.513. The average Bonchev–Trinajstić information content (AvgIpc) is 2.01. The molecular weight excluding hydrogens is 204 g/mol. The van der Waals surface area contributed by atoms with Crippen molar-refractivity contribution in [2.45, 2.75) is 25.7 Å². The lowest BCUT2D eigenvalue weighted by Gasteiger charge is -2.34. The predicted octanol–water partition coefficient (Wildman–Crippen LogP) is 1.45. The number of aliphatic carboxylic acids is 2. The zero-order valence-electron chi connectivity index (χ0n) is 7.86. The van der Waals surface area contributed by atoms with E-state index in [-0.39, 0.29) is 12.8 Å². The smallest absolute Gasteiger partial charge is 0.303 e. The van der Waals surface area contributed by atoms with Gasteiger partial charge in [0.1, 0.15) is 0 Å². The number of carbonyl (C=O) groups is 2. The summed E-state index contributed by atoms with van der Waals surface area (Å²) in [6.45, 7) is 0. The fourth-order valence-corrected chi connectivity index (χ4v) is 3.17. The van der Waals surface area contributed by atoms with E-state index >= 15 is 0 Å². The second kappa shape index (κ2) is 4.68. The highest BCUT2D eigenvalue weighted by Gasteiger charge is 2.36. The summed E-state index contributed by atoms with van der Waals surface area (Å²) in [5, 5.41) is 17.5. The summed E-state index contributed by atoms with van der Waals surface area (Å²) < 4.78 is 0. The van der Waals surface area contributed by atoms with Gasteiger partial charge in [-0.3, -0.25) is 9.59 Å². The first kappa shape index (κ1) is 11.4. The van der Waals surface area contributed by atoms with Gasteiger partial charge in [-0.2, -0.15) is 11.8 Å². The molecule has 1 heterocycles. The number of carboxylic acid groups (broad SMARTS) is 2. The Morgan fingerprint density at radius 1 is 1.21 bits per heavy atom. The molecule has 0 aromatic rings. The van der Waals surface area contributed by atoms with E-state index in [0.29, 0.717) is 5.75 Å². The van der Waals surface area contributed by atoms with E-state index in [1.165, 1.54) is 0 Å². The molecule has 2 N–H and O–H groups in total. The molecule has 14 heavy (non-hydrogen) atoms. The molecule has 1 fully saturated rings. The van der Waals surface area contributed by atoms with Crippen LogP contribution >= 0.6 is 11.8 Å². The van der Waals surface area contributed by atoms with Crippen LogP contribution in [0.25, 0.3) is 0 Å². The molecule has 0 atom stereocenters. The van der Waals surface area contributed by atoms with E-state index < -0.39 is 17.4 Å². The van der Waals surface area contributed by atoms with Crippen molar-refractivity contribution in [1.82, 2.24) is 0 Å². The molecule has 0 aromatic carbocycles. The minimum absolute atomic E-state index is 0.0215. The highest BCUT2D eigenvalue weighted by molar-refractivity contribution is 7.99. The first-order chi connectivity index (χ1) is 6.54. The van der Waals surface area contributed by atoms with Gasteiger partial charge in [0.15, 0.2) is 0 Å². The maximum absolute atomic E-state index is 10.7. The number of hydrogen-bond donors (Lipinski definition) is 2. The normalized spacial score (nSPS) is 20.3. The van der Waals surface area contributed by atoms with Gasteiger partial charge in [0.05, 0.1) is 12.8 Å². The van der Waals surface area contributed by atoms with Crippen molar-refractivity contribution < 1.29 is 19.8 Å². The summed E-state index contributed by atoms with van der Waals surface area (Å²) in [5.74, 6) is -0.116. The second-order valence-corrected chi connectivity index (χ2v) is 4.90. The van der Waals surface area contributed by atoms with E-state index in [1.807, 2.05) is 0 Å². The largest absolute Gasteiger partial charge is 0.481 e. The maximum Gasteiger partial charge on any atom is 0.303 e. The summed E-state index contributed by atoms with van der Waals surface area (Å²) >= 11 is 1.66. The molecular formula is C9H14O4S. The lowest BCUT2D eigenvalue weighted by Crippen LogP contribution is -2.33. The van der Waals surface area contributed by atoms with Crippen molar-refractivity contribution >= 4 is 23.7 Å². The van der Waals surface area contributed by atoms with Crippen LogP contribution in [-0.2, 0) is 9.59 Å². The Bertz CT molecular complexity index is 215. The summed E-state index contributed by atoms with van der Waals surface area (Å²) in [6, 6.07) is 0. The first-order valence-corrected chi connectivity index (χ1v) is 5.71. The zero-order chi connectivity index (χ0) is 10.6. The molecule has 0 bridgehead atoms. The van der Waals surface area contributed by atoms with Gasteiger partial charge in [-0.15, -0.1) is 0 Å². The average molecular weight is 218 g/mol. The summed E-state index contributed by atoms with van der Waals surface area (Å²) in [7, 11) is 0. The van der Waals surface area contributed by atoms with Crippen LogP contribution in [0.15, 0.2) is 0 Å². The minimum atomic E-state index is -0.895. The van der Waals surface area contributed by atoms with E-state index in [4.69, 9.17) is 10.2 Å². The number of carboxylic acids is 2. The first-order valence-electron chi connectivity index (χ1n) is 4.55. The molecule has 1 aliphatic heterocycles. The van der Waals surface area contributed by atoms with Gasteiger partial charge < -0.3 is 10.2 Å². The third-order valence-corrected chi connectivity index (χ3v) is 3.85. The lowest BCUT2D eigenvalue weighted by molar-refractivity contribution is -0.143. The molecule has 4 nitrogen and oxygen atoms in total. The van der Waals surface area contributed by atoms with E-state index in [9.17, 15) is 9.59 Å². The van der Waals surface area contributed by atoms with Crippen LogP contribution in [0.3, 0.4) is 0 Å². The maximum atomic E-state index is 10.7. The Balaban J connectivity index is 2.66. The molecule has 0 aromatic heterocycles. The van der Waals surface area contributed by atoms with Crippen LogP contribution in [0.1, 0.15) is 25.7 Å². The Kier molecular flexibility index (Phi) is 3.80. The molecule has 1 aliphatic rings. The minimum Gasteiger partial charge on any atom is -0.481 e. The molecule has 1 saturated heterocycles. The van der Waals surface area contributed by atoms with Gasteiger partial charge in [-0.25, -0.2) is 0 Å². The molecule has 5 heteroatoms. The number of hydrogen-bond acceptors (Lipinski definition) is 3. The van der Waals surface area contributed by atoms with E-state index in [2.05, 4.69) is 0 Å². The van der Waals surface area contributed by atoms with Crippen molar-refractivity contribution in [3.05, 3.63) is 0 Å². The molecule has 0 radical (unpaired) electrons. The van der Waals surface area contributed by atoms with Crippen molar-refractivity contribution in [2.75, 3.05) is 11.5 Å². The standard InChI is InChI=1S/C9H14O4S/c10-7(11)4-9(5-8(12)13)2-1-3-14-6-9/h1-6H2,(H,10,11)(H,12,13). The summed E-state index contributed by atoms with van der Waals surface area (Å²) in [4.78, 5) is 21.3. The van der Waals surface area contributed by atoms with Gasteiger partial charge in [0, 0.05) is 11.2 Å². The fourth-order valence-electron chi connectivity index (χ4n) is 1.89. The molecule has 0 amide bonds. The quantitative estimate of drug-likeness (QED) is 0.747. The lowest BCUT2D eigenvalue weighted by atomic mass is 9.79. The van der Waals surface area contributed by atoms with E-state index in [0.717, 1.165) is 18.6 Å². The van der Waals surface area contributed by atoms with E-state index in [1.54, 1.807) is 11.8 Å². The van der Waals surface area contributed by atoms with Crippen molar-refractivity contribution in [3.63, 3.8) is 0 Å². The SMILES string of the molecule is O=C(O)CC1(CC(=O)O)CCCSC1. The van der Waals surface area contributed by atoms with Crippen molar-refractivity contribution in [1.29, 1.82) is 0 Å². The third kappa shape index (κ3) is 3.21. The highest BCUT2D eigenvalue weighted by atomic mass is 32.2. The Morgan fingerprint density at radius 2 is 1.79 bits per heavy atom. The number of rotatable bonds is 4. The summed E-state index contributed by atoms with van der Waals surface area (Å²) in [6.07, 6.45) is 1.60.